The van der Waals surface area contributed by atoms with Gasteiger partial charge >= 0.3 is 11.8 Å². The minimum absolute atomic E-state index is 0.00446. The summed E-state index contributed by atoms with van der Waals surface area (Å²) in [7, 11) is 0. The van der Waals surface area contributed by atoms with Crippen LogP contribution in [-0.2, 0) is 28.9 Å². The van der Waals surface area contributed by atoms with Crippen molar-refractivity contribution >= 4 is 35.1 Å². The molecule has 31 heavy (non-hydrogen) atoms. The van der Waals surface area contributed by atoms with E-state index in [0.717, 1.165) is 35.4 Å². The molecule has 0 bridgehead atoms. The molecule has 4 rings (SSSR count). The molecule has 10 heteroatoms. The van der Waals surface area contributed by atoms with Gasteiger partial charge in [0.2, 0.25) is 5.91 Å². The predicted octanol–water partition coefficient (Wildman–Crippen LogP) is 2.23. The molecular formula is C21H26N4O4S2. The highest BCUT2D eigenvalue weighted by Crippen LogP contribution is 2.30. The Morgan fingerprint density at radius 1 is 1.19 bits per heavy atom. The van der Waals surface area contributed by atoms with E-state index in [1.54, 1.807) is 32.6 Å². The molecule has 0 N–H and O–H groups in total. The van der Waals surface area contributed by atoms with Crippen molar-refractivity contribution in [2.75, 3.05) is 38.5 Å². The van der Waals surface area contributed by atoms with Crippen LogP contribution in [0, 0.1) is 0 Å². The zero-order chi connectivity index (χ0) is 21.8. The summed E-state index contributed by atoms with van der Waals surface area (Å²) in [6.45, 7) is 4.61. The van der Waals surface area contributed by atoms with E-state index in [2.05, 4.69) is 4.98 Å². The number of thiophene rings is 1. The van der Waals surface area contributed by atoms with Gasteiger partial charge in [0.05, 0.1) is 18.9 Å². The average Bonchev–Trinajstić information content (AvgIpc) is 3.46. The fourth-order valence-electron chi connectivity index (χ4n) is 4.00. The quantitative estimate of drug-likeness (QED) is 0.484. The molecule has 0 unspecified atom stereocenters. The van der Waals surface area contributed by atoms with E-state index in [1.807, 2.05) is 17.5 Å². The standard InChI is InChI=1S/C21H26N4O4S2/c1-2-29-21(28)24-10-8-23(9-11-24)18(26)14-31-19-16-6-3-7-17(16)25(20(27)22-19)13-15-5-4-12-30-15/h4-5,12H,2-3,6-11,13-14H2,1H3. The van der Waals surface area contributed by atoms with Gasteiger partial charge in [-0.05, 0) is 37.6 Å². The van der Waals surface area contributed by atoms with Gasteiger partial charge in [0.25, 0.3) is 0 Å². The van der Waals surface area contributed by atoms with Gasteiger partial charge < -0.3 is 14.5 Å². The lowest BCUT2D eigenvalue weighted by atomic mass is 10.2. The van der Waals surface area contributed by atoms with Crippen LogP contribution in [0.3, 0.4) is 0 Å². The van der Waals surface area contributed by atoms with Crippen LogP contribution in [-0.4, -0.2) is 69.9 Å². The first-order chi connectivity index (χ1) is 15.1. The number of amides is 2. The van der Waals surface area contributed by atoms with Crippen molar-refractivity contribution in [2.24, 2.45) is 0 Å². The molecule has 8 nitrogen and oxygen atoms in total. The van der Waals surface area contributed by atoms with E-state index in [4.69, 9.17) is 4.74 Å². The topological polar surface area (TPSA) is 84.7 Å². The SMILES string of the molecule is CCOC(=O)N1CCN(C(=O)CSc2nc(=O)n(Cc3cccs3)c3c2CCC3)CC1. The number of fused-ring (bicyclic) bond motifs is 1. The van der Waals surface area contributed by atoms with Crippen molar-refractivity contribution in [3.05, 3.63) is 44.1 Å². The summed E-state index contributed by atoms with van der Waals surface area (Å²) in [5.74, 6) is 0.248. The molecule has 2 amide bonds. The van der Waals surface area contributed by atoms with Crippen LogP contribution >= 0.6 is 23.1 Å². The highest BCUT2D eigenvalue weighted by Gasteiger charge is 2.26. The molecular weight excluding hydrogens is 436 g/mol. The molecule has 1 saturated heterocycles. The van der Waals surface area contributed by atoms with Crippen LogP contribution in [0.25, 0.3) is 0 Å². The number of rotatable bonds is 6. The van der Waals surface area contributed by atoms with E-state index in [0.29, 0.717) is 44.4 Å². The number of carbonyl (C=O) groups excluding carboxylic acids is 2. The molecule has 3 heterocycles. The molecule has 2 aromatic rings. The number of carbonyl (C=O) groups is 2. The molecule has 1 aliphatic heterocycles. The van der Waals surface area contributed by atoms with Crippen LogP contribution in [0.15, 0.2) is 27.3 Å². The number of thioether (sulfide) groups is 1. The normalized spacial score (nSPS) is 15.8. The summed E-state index contributed by atoms with van der Waals surface area (Å²) >= 11 is 2.99. The molecule has 1 fully saturated rings. The minimum atomic E-state index is -0.327. The fraction of sp³-hybridized carbons (Fsp3) is 0.524. The zero-order valence-electron chi connectivity index (χ0n) is 17.5. The van der Waals surface area contributed by atoms with Gasteiger partial charge in [0.1, 0.15) is 5.03 Å². The number of hydrogen-bond acceptors (Lipinski definition) is 7. The molecule has 0 aromatic carbocycles. The Hall–Kier alpha value is -2.33. The van der Waals surface area contributed by atoms with Gasteiger partial charge in [-0.15, -0.1) is 11.3 Å². The molecule has 0 radical (unpaired) electrons. The van der Waals surface area contributed by atoms with E-state index in [-0.39, 0.29) is 23.4 Å². The molecule has 2 aromatic heterocycles. The first-order valence-corrected chi connectivity index (χ1v) is 12.4. The van der Waals surface area contributed by atoms with Crippen molar-refractivity contribution in [3.63, 3.8) is 0 Å². The van der Waals surface area contributed by atoms with E-state index in [1.165, 1.54) is 11.8 Å². The summed E-state index contributed by atoms with van der Waals surface area (Å²) in [5.41, 5.74) is 1.93. The largest absolute Gasteiger partial charge is 0.450 e. The second kappa shape index (κ2) is 9.86. The van der Waals surface area contributed by atoms with E-state index in [9.17, 15) is 14.4 Å². The number of piperazine rings is 1. The lowest BCUT2D eigenvalue weighted by molar-refractivity contribution is -0.129. The minimum Gasteiger partial charge on any atom is -0.450 e. The van der Waals surface area contributed by atoms with Gasteiger partial charge in [-0.25, -0.2) is 9.59 Å². The van der Waals surface area contributed by atoms with E-state index < -0.39 is 0 Å². The molecule has 166 valence electrons. The zero-order valence-corrected chi connectivity index (χ0v) is 19.2. The smallest absolute Gasteiger partial charge is 0.409 e. The third kappa shape index (κ3) is 4.95. The van der Waals surface area contributed by atoms with Crippen LogP contribution in [0.1, 0.15) is 29.5 Å². The first-order valence-electron chi connectivity index (χ1n) is 10.5. The van der Waals surface area contributed by atoms with Gasteiger partial charge in [-0.2, -0.15) is 4.98 Å². The van der Waals surface area contributed by atoms with Crippen LogP contribution in [0.4, 0.5) is 4.79 Å². The Kier molecular flexibility index (Phi) is 6.96. The molecule has 2 aliphatic rings. The van der Waals surface area contributed by atoms with Crippen molar-refractivity contribution in [2.45, 2.75) is 37.8 Å². The van der Waals surface area contributed by atoms with Crippen LogP contribution in [0.5, 0.6) is 0 Å². The molecule has 0 spiro atoms. The number of aromatic nitrogens is 2. The maximum Gasteiger partial charge on any atom is 0.409 e. The van der Waals surface area contributed by atoms with Gasteiger partial charge in [0, 0.05) is 42.3 Å². The predicted molar refractivity (Wildman–Crippen MR) is 120 cm³/mol. The number of hydrogen-bond donors (Lipinski definition) is 0. The lowest BCUT2D eigenvalue weighted by Gasteiger charge is -2.34. The Balaban J connectivity index is 1.38. The molecule has 0 saturated carbocycles. The third-order valence-corrected chi connectivity index (χ3v) is 7.45. The van der Waals surface area contributed by atoms with Gasteiger partial charge in [-0.1, -0.05) is 17.8 Å². The number of nitrogens with zero attached hydrogens (tertiary/aromatic N) is 4. The summed E-state index contributed by atoms with van der Waals surface area (Å²) in [5, 5.41) is 2.70. The average molecular weight is 463 g/mol. The van der Waals surface area contributed by atoms with E-state index >= 15 is 0 Å². The van der Waals surface area contributed by atoms with Crippen LogP contribution in [0.2, 0.25) is 0 Å². The van der Waals surface area contributed by atoms with Gasteiger partial charge in [0.15, 0.2) is 0 Å². The highest BCUT2D eigenvalue weighted by molar-refractivity contribution is 7.99. The van der Waals surface area contributed by atoms with Gasteiger partial charge in [-0.3, -0.25) is 9.36 Å². The summed E-state index contributed by atoms with van der Waals surface area (Å²) in [4.78, 5) is 46.1. The van der Waals surface area contributed by atoms with Crippen molar-refractivity contribution in [1.82, 2.24) is 19.4 Å². The number of ether oxygens (including phenoxy) is 1. The summed E-state index contributed by atoms with van der Waals surface area (Å²) < 4.78 is 6.81. The Morgan fingerprint density at radius 3 is 2.68 bits per heavy atom. The Morgan fingerprint density at radius 2 is 1.97 bits per heavy atom. The van der Waals surface area contributed by atoms with Crippen molar-refractivity contribution < 1.29 is 14.3 Å². The first kappa shape index (κ1) is 21.9. The maximum atomic E-state index is 12.7. The van der Waals surface area contributed by atoms with Crippen molar-refractivity contribution in [1.29, 1.82) is 0 Å². The second-order valence-corrected chi connectivity index (χ2v) is 9.50. The summed E-state index contributed by atoms with van der Waals surface area (Å²) in [6, 6.07) is 4.02. The Bertz CT molecular complexity index is 998. The molecule has 1 aliphatic carbocycles. The molecule has 0 atom stereocenters. The lowest BCUT2D eigenvalue weighted by Crippen LogP contribution is -2.51. The van der Waals surface area contributed by atoms with Crippen molar-refractivity contribution in [3.8, 4) is 0 Å². The summed E-state index contributed by atoms with van der Waals surface area (Å²) in [6.07, 6.45) is 2.44. The maximum absolute atomic E-state index is 12.7. The third-order valence-electron chi connectivity index (χ3n) is 5.59. The fourth-order valence-corrected chi connectivity index (χ4v) is 5.67. The monoisotopic (exact) mass is 462 g/mol. The Labute approximate surface area is 189 Å². The second-order valence-electron chi connectivity index (χ2n) is 7.50. The highest BCUT2D eigenvalue weighted by atomic mass is 32.2. The van der Waals surface area contributed by atoms with Crippen LogP contribution < -0.4 is 5.69 Å².